The van der Waals surface area contributed by atoms with Gasteiger partial charge in [-0.1, -0.05) is 23.7 Å². The zero-order valence-corrected chi connectivity index (χ0v) is 10.2. The van der Waals surface area contributed by atoms with E-state index in [-0.39, 0.29) is 6.42 Å². The standard InChI is InChI=1S/C13H15ClO3/c14-11-3-1-2-10(6-7-12(15)16)13(11)17-8-9-4-5-9/h1-3,9H,4-8H2,(H,15,16). The molecule has 0 saturated heterocycles. The van der Waals surface area contributed by atoms with Crippen molar-refractivity contribution in [1.29, 1.82) is 0 Å². The number of benzene rings is 1. The maximum Gasteiger partial charge on any atom is 0.303 e. The molecular formula is C13H15ClO3. The van der Waals surface area contributed by atoms with E-state index in [1.54, 1.807) is 6.07 Å². The molecular weight excluding hydrogens is 240 g/mol. The van der Waals surface area contributed by atoms with Crippen LogP contribution in [0, 0.1) is 5.92 Å². The van der Waals surface area contributed by atoms with E-state index in [0.29, 0.717) is 29.7 Å². The van der Waals surface area contributed by atoms with Crippen LogP contribution in [0.4, 0.5) is 0 Å². The Morgan fingerprint density at radius 1 is 1.47 bits per heavy atom. The number of ether oxygens (including phenoxy) is 1. The topological polar surface area (TPSA) is 46.5 Å². The summed E-state index contributed by atoms with van der Waals surface area (Å²) in [6.45, 7) is 0.684. The number of para-hydroxylation sites is 1. The Balaban J connectivity index is 2.05. The van der Waals surface area contributed by atoms with E-state index < -0.39 is 5.97 Å². The molecule has 0 radical (unpaired) electrons. The molecule has 3 nitrogen and oxygen atoms in total. The van der Waals surface area contributed by atoms with Crippen LogP contribution >= 0.6 is 11.6 Å². The van der Waals surface area contributed by atoms with Crippen molar-refractivity contribution in [1.82, 2.24) is 0 Å². The first-order valence-corrected chi connectivity index (χ1v) is 6.16. The van der Waals surface area contributed by atoms with Crippen molar-refractivity contribution in [2.75, 3.05) is 6.61 Å². The van der Waals surface area contributed by atoms with E-state index in [4.69, 9.17) is 21.4 Å². The van der Waals surface area contributed by atoms with Crippen LogP contribution < -0.4 is 4.74 Å². The van der Waals surface area contributed by atoms with Crippen molar-refractivity contribution in [3.63, 3.8) is 0 Å². The summed E-state index contributed by atoms with van der Waals surface area (Å²) in [5.74, 6) is 0.499. The molecule has 0 heterocycles. The maximum atomic E-state index is 10.6. The van der Waals surface area contributed by atoms with Gasteiger partial charge in [0.25, 0.3) is 0 Å². The lowest BCUT2D eigenvalue weighted by molar-refractivity contribution is -0.136. The van der Waals surface area contributed by atoms with Crippen LogP contribution in [-0.4, -0.2) is 17.7 Å². The summed E-state index contributed by atoms with van der Waals surface area (Å²) >= 11 is 6.08. The molecule has 1 aromatic carbocycles. The highest BCUT2D eigenvalue weighted by molar-refractivity contribution is 6.32. The summed E-state index contributed by atoms with van der Waals surface area (Å²) in [4.78, 5) is 10.6. The summed E-state index contributed by atoms with van der Waals surface area (Å²) in [6, 6.07) is 5.47. The summed E-state index contributed by atoms with van der Waals surface area (Å²) in [5, 5.41) is 9.25. The molecule has 0 atom stereocenters. The molecule has 0 aliphatic heterocycles. The first-order chi connectivity index (χ1) is 8.16. The predicted octanol–water partition coefficient (Wildman–Crippen LogP) is 3.15. The number of aryl methyl sites for hydroxylation is 1. The van der Waals surface area contributed by atoms with Gasteiger partial charge in [-0.3, -0.25) is 4.79 Å². The van der Waals surface area contributed by atoms with Crippen LogP contribution in [0.5, 0.6) is 5.75 Å². The maximum absolute atomic E-state index is 10.6. The number of halogens is 1. The molecule has 0 unspecified atom stereocenters. The van der Waals surface area contributed by atoms with Crippen LogP contribution in [0.25, 0.3) is 0 Å². The molecule has 1 saturated carbocycles. The number of carboxylic acid groups (broad SMARTS) is 1. The van der Waals surface area contributed by atoms with Crippen molar-refractivity contribution in [2.45, 2.75) is 25.7 Å². The average molecular weight is 255 g/mol. The number of carbonyl (C=O) groups is 1. The SMILES string of the molecule is O=C(O)CCc1cccc(Cl)c1OCC1CC1. The normalized spacial score (nSPS) is 14.6. The third-order valence-corrected chi connectivity index (χ3v) is 3.11. The summed E-state index contributed by atoms with van der Waals surface area (Å²) in [5.41, 5.74) is 0.876. The third kappa shape index (κ3) is 3.63. The Morgan fingerprint density at radius 3 is 2.88 bits per heavy atom. The molecule has 1 aliphatic rings. The Kier molecular flexibility index (Phi) is 3.89. The van der Waals surface area contributed by atoms with Gasteiger partial charge in [0, 0.05) is 6.42 Å². The molecule has 1 N–H and O–H groups in total. The van der Waals surface area contributed by atoms with Gasteiger partial charge >= 0.3 is 5.97 Å². The van der Waals surface area contributed by atoms with Crippen LogP contribution in [0.3, 0.4) is 0 Å². The molecule has 4 heteroatoms. The second kappa shape index (κ2) is 5.41. The first kappa shape index (κ1) is 12.2. The molecule has 1 aliphatic carbocycles. The van der Waals surface area contributed by atoms with Gasteiger partial charge in [0.05, 0.1) is 11.6 Å². The van der Waals surface area contributed by atoms with Crippen molar-refractivity contribution >= 4 is 17.6 Å². The highest BCUT2D eigenvalue weighted by Crippen LogP contribution is 2.34. The molecule has 0 aromatic heterocycles. The highest BCUT2D eigenvalue weighted by atomic mass is 35.5. The predicted molar refractivity (Wildman–Crippen MR) is 65.6 cm³/mol. The molecule has 0 spiro atoms. The van der Waals surface area contributed by atoms with Crippen molar-refractivity contribution in [3.05, 3.63) is 28.8 Å². The van der Waals surface area contributed by atoms with E-state index in [0.717, 1.165) is 5.56 Å². The van der Waals surface area contributed by atoms with Crippen LogP contribution in [0.1, 0.15) is 24.8 Å². The van der Waals surface area contributed by atoms with E-state index in [1.165, 1.54) is 12.8 Å². The van der Waals surface area contributed by atoms with Crippen molar-refractivity contribution < 1.29 is 14.6 Å². The van der Waals surface area contributed by atoms with E-state index >= 15 is 0 Å². The molecule has 1 fully saturated rings. The highest BCUT2D eigenvalue weighted by Gasteiger charge is 2.23. The number of rotatable bonds is 6. The van der Waals surface area contributed by atoms with E-state index in [2.05, 4.69) is 0 Å². The quantitative estimate of drug-likeness (QED) is 0.848. The lowest BCUT2D eigenvalue weighted by atomic mass is 10.1. The van der Waals surface area contributed by atoms with Gasteiger partial charge in [-0.25, -0.2) is 0 Å². The zero-order chi connectivity index (χ0) is 12.3. The second-order valence-corrected chi connectivity index (χ2v) is 4.78. The molecule has 0 bridgehead atoms. The fourth-order valence-electron chi connectivity index (χ4n) is 1.64. The minimum Gasteiger partial charge on any atom is -0.491 e. The van der Waals surface area contributed by atoms with Gasteiger partial charge in [0.1, 0.15) is 5.75 Å². The monoisotopic (exact) mass is 254 g/mol. The van der Waals surface area contributed by atoms with Gasteiger partial charge in [0.15, 0.2) is 0 Å². The fraction of sp³-hybridized carbons (Fsp3) is 0.462. The molecule has 0 amide bonds. The number of aliphatic carboxylic acids is 1. The zero-order valence-electron chi connectivity index (χ0n) is 9.49. The first-order valence-electron chi connectivity index (χ1n) is 5.79. The van der Waals surface area contributed by atoms with Gasteiger partial charge in [-0.15, -0.1) is 0 Å². The summed E-state index contributed by atoms with van der Waals surface area (Å²) in [6.07, 6.45) is 2.99. The minimum atomic E-state index is -0.807. The van der Waals surface area contributed by atoms with Gasteiger partial charge in [-0.05, 0) is 36.8 Å². The third-order valence-electron chi connectivity index (χ3n) is 2.82. The van der Waals surface area contributed by atoms with Gasteiger partial charge in [0.2, 0.25) is 0 Å². The molecule has 1 aromatic rings. The number of carboxylic acids is 1. The fourth-order valence-corrected chi connectivity index (χ4v) is 1.89. The summed E-state index contributed by atoms with van der Waals surface area (Å²) in [7, 11) is 0. The largest absolute Gasteiger partial charge is 0.491 e. The Morgan fingerprint density at radius 2 is 2.24 bits per heavy atom. The minimum absolute atomic E-state index is 0.0974. The Bertz CT molecular complexity index is 413. The second-order valence-electron chi connectivity index (χ2n) is 4.38. The smallest absolute Gasteiger partial charge is 0.303 e. The summed E-state index contributed by atoms with van der Waals surface area (Å²) < 4.78 is 5.70. The lowest BCUT2D eigenvalue weighted by Crippen LogP contribution is -2.04. The Labute approximate surface area is 105 Å². The van der Waals surface area contributed by atoms with Gasteiger partial charge in [-0.2, -0.15) is 0 Å². The lowest BCUT2D eigenvalue weighted by Gasteiger charge is -2.12. The molecule has 92 valence electrons. The van der Waals surface area contributed by atoms with E-state index in [1.807, 2.05) is 12.1 Å². The number of hydrogen-bond donors (Lipinski definition) is 1. The number of hydrogen-bond acceptors (Lipinski definition) is 2. The van der Waals surface area contributed by atoms with E-state index in [9.17, 15) is 4.79 Å². The van der Waals surface area contributed by atoms with Gasteiger partial charge < -0.3 is 9.84 Å². The van der Waals surface area contributed by atoms with Crippen molar-refractivity contribution in [3.8, 4) is 5.75 Å². The average Bonchev–Trinajstić information content (AvgIpc) is 3.08. The molecule has 17 heavy (non-hydrogen) atoms. The Hall–Kier alpha value is -1.22. The molecule has 2 rings (SSSR count). The van der Waals surface area contributed by atoms with Crippen LogP contribution in [0.2, 0.25) is 5.02 Å². The van der Waals surface area contributed by atoms with Crippen molar-refractivity contribution in [2.24, 2.45) is 5.92 Å². The van der Waals surface area contributed by atoms with Crippen LogP contribution in [0.15, 0.2) is 18.2 Å². The van der Waals surface area contributed by atoms with Crippen LogP contribution in [-0.2, 0) is 11.2 Å².